The molecule has 3 rings (SSSR count). The molecule has 2 aliphatic rings. The summed E-state index contributed by atoms with van der Waals surface area (Å²) in [5.41, 5.74) is 1.85. The Bertz CT molecular complexity index is 677. The van der Waals surface area contributed by atoms with Crippen molar-refractivity contribution in [2.75, 3.05) is 31.1 Å². The molecular weight excluding hydrogens is 362 g/mol. The molecule has 1 aromatic rings. The molecule has 2 aliphatic heterocycles. The van der Waals surface area contributed by atoms with Crippen LogP contribution in [0.25, 0.3) is 0 Å². The molecule has 0 radical (unpaired) electrons. The molecule has 0 aliphatic carbocycles. The molecule has 7 heteroatoms. The van der Waals surface area contributed by atoms with Crippen molar-refractivity contribution in [1.29, 1.82) is 0 Å². The van der Waals surface area contributed by atoms with E-state index < -0.39 is 0 Å². The van der Waals surface area contributed by atoms with E-state index >= 15 is 0 Å². The highest BCUT2D eigenvalue weighted by Gasteiger charge is 2.38. The molecule has 6 nitrogen and oxygen atoms in total. The van der Waals surface area contributed by atoms with Gasteiger partial charge in [-0.1, -0.05) is 15.9 Å². The van der Waals surface area contributed by atoms with Crippen molar-refractivity contribution >= 4 is 39.3 Å². The van der Waals surface area contributed by atoms with Gasteiger partial charge in [0.15, 0.2) is 0 Å². The summed E-state index contributed by atoms with van der Waals surface area (Å²) in [6.45, 7) is 3.40. The van der Waals surface area contributed by atoms with E-state index in [1.165, 1.54) is 0 Å². The van der Waals surface area contributed by atoms with Crippen molar-refractivity contribution in [1.82, 2.24) is 10.2 Å². The van der Waals surface area contributed by atoms with Gasteiger partial charge in [0, 0.05) is 36.2 Å². The summed E-state index contributed by atoms with van der Waals surface area (Å²) in [7, 11) is 0. The average molecular weight is 380 g/mol. The van der Waals surface area contributed by atoms with Gasteiger partial charge in [-0.3, -0.25) is 14.4 Å². The van der Waals surface area contributed by atoms with Gasteiger partial charge in [-0.05, 0) is 30.7 Å². The Balaban J connectivity index is 1.72. The predicted octanol–water partition coefficient (Wildman–Crippen LogP) is 1.07. The molecule has 0 bridgehead atoms. The second kappa shape index (κ2) is 6.31. The normalized spacial score (nSPS) is 21.6. The van der Waals surface area contributed by atoms with Crippen LogP contribution in [-0.2, 0) is 14.4 Å². The van der Waals surface area contributed by atoms with Gasteiger partial charge < -0.3 is 15.1 Å². The molecule has 23 heavy (non-hydrogen) atoms. The molecule has 0 aromatic heterocycles. The number of nitrogens with zero attached hydrogens (tertiary/aromatic N) is 2. The zero-order valence-electron chi connectivity index (χ0n) is 12.8. The summed E-state index contributed by atoms with van der Waals surface area (Å²) < 4.78 is 0.986. The SMILES string of the molecule is Cc1cc(N2C[C@@H](C(=O)N3CCNC(=O)C3)CC2=O)ccc1Br. The zero-order chi connectivity index (χ0) is 16.6. The van der Waals surface area contributed by atoms with Gasteiger partial charge in [-0.25, -0.2) is 0 Å². The molecule has 0 spiro atoms. The topological polar surface area (TPSA) is 69.7 Å². The summed E-state index contributed by atoms with van der Waals surface area (Å²) in [6, 6.07) is 5.71. The van der Waals surface area contributed by atoms with Crippen LogP contribution in [0.1, 0.15) is 12.0 Å². The minimum absolute atomic E-state index is 0.0495. The van der Waals surface area contributed by atoms with Crippen LogP contribution in [0.4, 0.5) is 5.69 Å². The first-order chi connectivity index (χ1) is 11.0. The maximum absolute atomic E-state index is 12.5. The van der Waals surface area contributed by atoms with E-state index in [0.717, 1.165) is 15.7 Å². The highest BCUT2D eigenvalue weighted by Crippen LogP contribution is 2.29. The molecular formula is C16H18BrN3O3. The summed E-state index contributed by atoms with van der Waals surface area (Å²) >= 11 is 3.44. The number of anilines is 1. The van der Waals surface area contributed by atoms with Gasteiger partial charge in [0.2, 0.25) is 17.7 Å². The fraction of sp³-hybridized carbons (Fsp3) is 0.438. The summed E-state index contributed by atoms with van der Waals surface area (Å²) in [5.74, 6) is -0.678. The van der Waals surface area contributed by atoms with E-state index in [2.05, 4.69) is 21.2 Å². The van der Waals surface area contributed by atoms with Crippen LogP contribution in [0.5, 0.6) is 0 Å². The maximum atomic E-state index is 12.5. The van der Waals surface area contributed by atoms with Crippen LogP contribution in [0.3, 0.4) is 0 Å². The fourth-order valence-electron chi connectivity index (χ4n) is 3.00. The smallest absolute Gasteiger partial charge is 0.239 e. The third kappa shape index (κ3) is 3.24. The molecule has 2 heterocycles. The molecule has 1 aromatic carbocycles. The lowest BCUT2D eigenvalue weighted by Gasteiger charge is -2.28. The molecule has 2 fully saturated rings. The third-order valence-electron chi connectivity index (χ3n) is 4.28. The van der Waals surface area contributed by atoms with Crippen molar-refractivity contribution in [3.8, 4) is 0 Å². The van der Waals surface area contributed by atoms with Gasteiger partial charge in [0.1, 0.15) is 0 Å². The molecule has 0 unspecified atom stereocenters. The molecule has 122 valence electrons. The first-order valence-corrected chi connectivity index (χ1v) is 8.37. The molecule has 1 atom stereocenters. The summed E-state index contributed by atoms with van der Waals surface area (Å²) in [6.07, 6.45) is 0.200. The number of carbonyl (C=O) groups excluding carboxylic acids is 3. The van der Waals surface area contributed by atoms with Crippen molar-refractivity contribution < 1.29 is 14.4 Å². The third-order valence-corrected chi connectivity index (χ3v) is 5.17. The van der Waals surface area contributed by atoms with E-state index in [9.17, 15) is 14.4 Å². The van der Waals surface area contributed by atoms with E-state index in [-0.39, 0.29) is 36.6 Å². The number of amides is 3. The monoisotopic (exact) mass is 379 g/mol. The van der Waals surface area contributed by atoms with Gasteiger partial charge in [0.25, 0.3) is 0 Å². The largest absolute Gasteiger partial charge is 0.353 e. The standard InChI is InChI=1S/C16H18BrN3O3/c1-10-6-12(2-3-13(10)17)20-8-11(7-15(20)22)16(23)19-5-4-18-14(21)9-19/h2-3,6,11H,4-5,7-9H2,1H3,(H,18,21)/t11-/m0/s1. The van der Waals surface area contributed by atoms with Crippen LogP contribution < -0.4 is 10.2 Å². The highest BCUT2D eigenvalue weighted by molar-refractivity contribution is 9.10. The van der Waals surface area contributed by atoms with Crippen LogP contribution in [-0.4, -0.2) is 48.8 Å². The zero-order valence-corrected chi connectivity index (χ0v) is 14.4. The first-order valence-electron chi connectivity index (χ1n) is 7.57. The lowest BCUT2D eigenvalue weighted by molar-refractivity contribution is -0.141. The van der Waals surface area contributed by atoms with Gasteiger partial charge in [-0.2, -0.15) is 0 Å². The summed E-state index contributed by atoms with van der Waals surface area (Å²) in [5, 5.41) is 2.70. The van der Waals surface area contributed by atoms with Crippen LogP contribution >= 0.6 is 15.9 Å². The van der Waals surface area contributed by atoms with Crippen molar-refractivity contribution in [3.63, 3.8) is 0 Å². The minimum atomic E-state index is -0.377. The number of hydrogen-bond donors (Lipinski definition) is 1. The lowest BCUT2D eigenvalue weighted by atomic mass is 10.1. The number of carbonyl (C=O) groups is 3. The minimum Gasteiger partial charge on any atom is -0.353 e. The van der Waals surface area contributed by atoms with E-state index in [1.807, 2.05) is 25.1 Å². The van der Waals surface area contributed by atoms with E-state index in [4.69, 9.17) is 0 Å². The second-order valence-electron chi connectivity index (χ2n) is 5.95. The number of rotatable bonds is 2. The molecule has 3 amide bonds. The number of piperazine rings is 1. The Morgan fingerprint density at radius 2 is 2.13 bits per heavy atom. The van der Waals surface area contributed by atoms with E-state index in [1.54, 1.807) is 9.80 Å². The molecule has 0 saturated carbocycles. The Hall–Kier alpha value is -1.89. The Morgan fingerprint density at radius 1 is 1.35 bits per heavy atom. The quantitative estimate of drug-likeness (QED) is 0.835. The molecule has 1 N–H and O–H groups in total. The number of halogens is 1. The first kappa shape index (κ1) is 16.0. The van der Waals surface area contributed by atoms with Crippen LogP contribution in [0.15, 0.2) is 22.7 Å². The lowest BCUT2D eigenvalue weighted by Crippen LogP contribution is -2.51. The van der Waals surface area contributed by atoms with Crippen molar-refractivity contribution in [3.05, 3.63) is 28.2 Å². The Kier molecular flexibility index (Phi) is 4.39. The average Bonchev–Trinajstić information content (AvgIpc) is 2.91. The number of hydrogen-bond acceptors (Lipinski definition) is 3. The molecule has 2 saturated heterocycles. The second-order valence-corrected chi connectivity index (χ2v) is 6.80. The number of benzene rings is 1. The number of nitrogens with one attached hydrogen (secondary N) is 1. The fourth-order valence-corrected chi connectivity index (χ4v) is 3.25. The summed E-state index contributed by atoms with van der Waals surface area (Å²) in [4.78, 5) is 39.5. The Morgan fingerprint density at radius 3 is 2.83 bits per heavy atom. The highest BCUT2D eigenvalue weighted by atomic mass is 79.9. The van der Waals surface area contributed by atoms with Crippen LogP contribution in [0.2, 0.25) is 0 Å². The van der Waals surface area contributed by atoms with Gasteiger partial charge in [-0.15, -0.1) is 0 Å². The van der Waals surface area contributed by atoms with Gasteiger partial charge in [0.05, 0.1) is 12.5 Å². The van der Waals surface area contributed by atoms with Crippen molar-refractivity contribution in [2.45, 2.75) is 13.3 Å². The number of aryl methyl sites for hydroxylation is 1. The van der Waals surface area contributed by atoms with Crippen LogP contribution in [0, 0.1) is 12.8 Å². The van der Waals surface area contributed by atoms with Gasteiger partial charge >= 0.3 is 0 Å². The van der Waals surface area contributed by atoms with E-state index in [0.29, 0.717) is 19.6 Å². The van der Waals surface area contributed by atoms with Crippen molar-refractivity contribution in [2.24, 2.45) is 5.92 Å². The Labute approximate surface area is 142 Å². The predicted molar refractivity (Wildman–Crippen MR) is 88.9 cm³/mol. The maximum Gasteiger partial charge on any atom is 0.239 e.